The zero-order valence-corrected chi connectivity index (χ0v) is 11.0. The van der Waals surface area contributed by atoms with E-state index in [4.69, 9.17) is 5.26 Å². The van der Waals surface area contributed by atoms with E-state index in [1.165, 1.54) is 6.07 Å². The van der Waals surface area contributed by atoms with Gasteiger partial charge in [0.1, 0.15) is 11.2 Å². The lowest BCUT2D eigenvalue weighted by molar-refractivity contribution is -0.131. The van der Waals surface area contributed by atoms with Crippen molar-refractivity contribution < 1.29 is 9.18 Å². The number of carbonyl (C=O) groups is 1. The summed E-state index contributed by atoms with van der Waals surface area (Å²) in [5.41, 5.74) is 0.800. The Kier molecular flexibility index (Phi) is 3.84. The van der Waals surface area contributed by atoms with Gasteiger partial charge in [0.2, 0.25) is 5.91 Å². The molecule has 3 nitrogen and oxygen atoms in total. The third-order valence-electron chi connectivity index (χ3n) is 3.78. The molecule has 1 aliphatic rings. The van der Waals surface area contributed by atoms with Crippen LogP contribution in [0.25, 0.3) is 0 Å². The summed E-state index contributed by atoms with van der Waals surface area (Å²) < 4.78 is 13.1. The molecule has 0 bridgehead atoms. The highest BCUT2D eigenvalue weighted by molar-refractivity contribution is 5.86. The van der Waals surface area contributed by atoms with Crippen LogP contribution in [0.5, 0.6) is 0 Å². The van der Waals surface area contributed by atoms with Gasteiger partial charge < -0.3 is 5.32 Å². The van der Waals surface area contributed by atoms with Gasteiger partial charge in [-0.2, -0.15) is 5.26 Å². The molecule has 19 heavy (non-hydrogen) atoms. The molecule has 1 N–H and O–H groups in total. The molecule has 4 heteroatoms. The summed E-state index contributed by atoms with van der Waals surface area (Å²) in [7, 11) is 0. The second-order valence-electron chi connectivity index (χ2n) is 5.14. The Labute approximate surface area is 112 Å². The standard InChI is InChI=1S/C15H17FN2O/c1-11-9-12(3-4-13(11)16)5-8-18-14(19)15(10-17)6-2-7-15/h3-4,9H,2,5-8H2,1H3,(H,18,19). The summed E-state index contributed by atoms with van der Waals surface area (Å²) >= 11 is 0. The van der Waals surface area contributed by atoms with Crippen molar-refractivity contribution in [3.63, 3.8) is 0 Å². The molecular weight excluding hydrogens is 243 g/mol. The van der Waals surface area contributed by atoms with Crippen LogP contribution in [-0.4, -0.2) is 12.5 Å². The van der Waals surface area contributed by atoms with E-state index < -0.39 is 5.41 Å². The minimum absolute atomic E-state index is 0.167. The lowest BCUT2D eigenvalue weighted by atomic mass is 9.69. The topological polar surface area (TPSA) is 52.9 Å². The highest BCUT2D eigenvalue weighted by atomic mass is 19.1. The number of aryl methyl sites for hydroxylation is 1. The van der Waals surface area contributed by atoms with Crippen molar-refractivity contribution in [3.05, 3.63) is 35.1 Å². The summed E-state index contributed by atoms with van der Waals surface area (Å²) in [5.74, 6) is -0.384. The number of hydrogen-bond acceptors (Lipinski definition) is 2. The van der Waals surface area contributed by atoms with E-state index in [0.29, 0.717) is 31.4 Å². The summed E-state index contributed by atoms with van der Waals surface area (Å²) in [6, 6.07) is 7.06. The minimum atomic E-state index is -0.793. The smallest absolute Gasteiger partial charge is 0.240 e. The molecule has 0 aliphatic heterocycles. The van der Waals surface area contributed by atoms with Crippen molar-refractivity contribution in [2.24, 2.45) is 5.41 Å². The Bertz CT molecular complexity index is 529. The van der Waals surface area contributed by atoms with Gasteiger partial charge in [-0.1, -0.05) is 12.1 Å². The predicted octanol–water partition coefficient (Wildman–Crippen LogP) is 2.49. The van der Waals surface area contributed by atoms with Crippen molar-refractivity contribution in [2.75, 3.05) is 6.54 Å². The van der Waals surface area contributed by atoms with Crippen molar-refractivity contribution in [3.8, 4) is 6.07 Å². The molecule has 2 rings (SSSR count). The predicted molar refractivity (Wildman–Crippen MR) is 69.7 cm³/mol. The van der Waals surface area contributed by atoms with Crippen molar-refractivity contribution in [1.29, 1.82) is 5.26 Å². The van der Waals surface area contributed by atoms with Gasteiger partial charge in [-0.15, -0.1) is 0 Å². The Balaban J connectivity index is 1.85. The Hall–Kier alpha value is -1.89. The lowest BCUT2D eigenvalue weighted by Gasteiger charge is -2.33. The fraction of sp³-hybridized carbons (Fsp3) is 0.467. The Morgan fingerprint density at radius 2 is 2.26 bits per heavy atom. The second-order valence-corrected chi connectivity index (χ2v) is 5.14. The average Bonchev–Trinajstić information content (AvgIpc) is 2.33. The highest BCUT2D eigenvalue weighted by Gasteiger charge is 2.44. The third-order valence-corrected chi connectivity index (χ3v) is 3.78. The van der Waals surface area contributed by atoms with Crippen LogP contribution in [0.2, 0.25) is 0 Å². The van der Waals surface area contributed by atoms with Crippen molar-refractivity contribution in [1.82, 2.24) is 5.32 Å². The number of halogens is 1. The first-order chi connectivity index (χ1) is 9.07. The molecule has 0 unspecified atom stereocenters. The highest BCUT2D eigenvalue weighted by Crippen LogP contribution is 2.40. The fourth-order valence-corrected chi connectivity index (χ4v) is 2.27. The van der Waals surface area contributed by atoms with Crippen LogP contribution in [0.3, 0.4) is 0 Å². The number of carbonyl (C=O) groups excluding carboxylic acids is 1. The van der Waals surface area contributed by atoms with Crippen molar-refractivity contribution >= 4 is 5.91 Å². The van der Waals surface area contributed by atoms with Gasteiger partial charge in [0.25, 0.3) is 0 Å². The number of nitrogens with one attached hydrogen (secondary N) is 1. The fourth-order valence-electron chi connectivity index (χ4n) is 2.27. The van der Waals surface area contributed by atoms with Crippen LogP contribution < -0.4 is 5.32 Å². The first kappa shape index (κ1) is 13.5. The largest absolute Gasteiger partial charge is 0.354 e. The van der Waals surface area contributed by atoms with E-state index >= 15 is 0 Å². The molecule has 0 spiro atoms. The monoisotopic (exact) mass is 260 g/mol. The van der Waals surface area contributed by atoms with E-state index in [1.807, 2.05) is 0 Å². The van der Waals surface area contributed by atoms with Crippen LogP contribution in [0.15, 0.2) is 18.2 Å². The van der Waals surface area contributed by atoms with Crippen LogP contribution in [-0.2, 0) is 11.2 Å². The molecule has 0 radical (unpaired) electrons. The van der Waals surface area contributed by atoms with Crippen molar-refractivity contribution in [2.45, 2.75) is 32.6 Å². The molecule has 0 atom stereocenters. The molecule has 1 saturated carbocycles. The van der Waals surface area contributed by atoms with Gasteiger partial charge in [0.05, 0.1) is 6.07 Å². The van der Waals surface area contributed by atoms with E-state index in [9.17, 15) is 9.18 Å². The molecule has 1 aromatic rings. The number of nitrogens with zero attached hydrogens (tertiary/aromatic N) is 1. The minimum Gasteiger partial charge on any atom is -0.354 e. The van der Waals surface area contributed by atoms with Crippen LogP contribution in [0.4, 0.5) is 4.39 Å². The van der Waals surface area contributed by atoms with Gasteiger partial charge in [0, 0.05) is 6.54 Å². The normalized spacial score (nSPS) is 16.3. The van der Waals surface area contributed by atoms with Crippen LogP contribution in [0.1, 0.15) is 30.4 Å². The van der Waals surface area contributed by atoms with Gasteiger partial charge in [0.15, 0.2) is 0 Å². The van der Waals surface area contributed by atoms with E-state index in [-0.39, 0.29) is 11.7 Å². The number of rotatable bonds is 4. The van der Waals surface area contributed by atoms with Gasteiger partial charge in [-0.25, -0.2) is 4.39 Å². The Morgan fingerprint density at radius 3 is 2.79 bits per heavy atom. The first-order valence-electron chi connectivity index (χ1n) is 6.52. The maximum atomic E-state index is 13.1. The zero-order valence-electron chi connectivity index (χ0n) is 11.0. The number of benzene rings is 1. The molecule has 1 aliphatic carbocycles. The van der Waals surface area contributed by atoms with E-state index in [1.54, 1.807) is 19.1 Å². The maximum absolute atomic E-state index is 13.1. The van der Waals surface area contributed by atoms with Gasteiger partial charge in [-0.3, -0.25) is 4.79 Å². The van der Waals surface area contributed by atoms with Gasteiger partial charge >= 0.3 is 0 Å². The molecule has 1 aromatic carbocycles. The molecule has 100 valence electrons. The molecule has 0 saturated heterocycles. The maximum Gasteiger partial charge on any atom is 0.240 e. The van der Waals surface area contributed by atoms with Gasteiger partial charge in [-0.05, 0) is 49.8 Å². The zero-order chi connectivity index (χ0) is 13.9. The van der Waals surface area contributed by atoms with Crippen LogP contribution in [0, 0.1) is 29.5 Å². The molecule has 0 heterocycles. The third kappa shape index (κ3) is 2.76. The number of amides is 1. The summed E-state index contributed by atoms with van der Waals surface area (Å²) in [4.78, 5) is 11.9. The van der Waals surface area contributed by atoms with E-state index in [0.717, 1.165) is 12.0 Å². The number of hydrogen-bond donors (Lipinski definition) is 1. The van der Waals surface area contributed by atoms with Crippen LogP contribution >= 0.6 is 0 Å². The Morgan fingerprint density at radius 1 is 1.53 bits per heavy atom. The lowest BCUT2D eigenvalue weighted by Crippen LogP contribution is -2.45. The van der Waals surface area contributed by atoms with E-state index in [2.05, 4.69) is 11.4 Å². The number of nitriles is 1. The molecule has 1 fully saturated rings. The quantitative estimate of drug-likeness (QED) is 0.904. The summed E-state index contributed by atoms with van der Waals surface area (Å²) in [6.07, 6.45) is 2.91. The summed E-state index contributed by atoms with van der Waals surface area (Å²) in [5, 5.41) is 11.8. The summed E-state index contributed by atoms with van der Waals surface area (Å²) in [6.45, 7) is 2.20. The molecule has 1 amide bonds. The first-order valence-corrected chi connectivity index (χ1v) is 6.52. The SMILES string of the molecule is Cc1cc(CCNC(=O)C2(C#N)CCC2)ccc1F. The average molecular weight is 260 g/mol. The molecular formula is C15H17FN2O. The second kappa shape index (κ2) is 5.40. The molecule has 0 aromatic heterocycles.